The summed E-state index contributed by atoms with van der Waals surface area (Å²) in [5.74, 6) is 1.60. The van der Waals surface area contributed by atoms with E-state index in [4.69, 9.17) is 4.74 Å². The second kappa shape index (κ2) is 4.38. The Hall–Kier alpha value is -2.28. The molecule has 4 rings (SSSR count). The molecule has 3 aromatic heterocycles. The Kier molecular flexibility index (Phi) is 2.53. The van der Waals surface area contributed by atoms with Crippen molar-refractivity contribution in [2.24, 2.45) is 0 Å². The summed E-state index contributed by atoms with van der Waals surface area (Å²) in [6.45, 7) is 0.386. The molecule has 1 aliphatic rings. The van der Waals surface area contributed by atoms with Gasteiger partial charge in [0.2, 0.25) is 0 Å². The van der Waals surface area contributed by atoms with Crippen molar-refractivity contribution in [2.45, 2.75) is 6.73 Å². The van der Waals surface area contributed by atoms with Crippen molar-refractivity contribution < 1.29 is 4.74 Å². The molecule has 0 N–H and O–H groups in total. The van der Waals surface area contributed by atoms with Gasteiger partial charge in [0.05, 0.1) is 11.8 Å². The molecule has 0 radical (unpaired) electrons. The lowest BCUT2D eigenvalue weighted by atomic mass is 10.2. The van der Waals surface area contributed by atoms with Gasteiger partial charge in [-0.2, -0.15) is 0 Å². The third-order valence-corrected chi connectivity index (χ3v) is 3.65. The summed E-state index contributed by atoms with van der Waals surface area (Å²) in [5.41, 5.74) is 2.46. The van der Waals surface area contributed by atoms with Crippen molar-refractivity contribution in [1.82, 2.24) is 24.5 Å². The largest absolute Gasteiger partial charge is 0.472 e. The van der Waals surface area contributed by atoms with E-state index in [9.17, 15) is 0 Å². The zero-order chi connectivity index (χ0) is 13.5. The summed E-state index contributed by atoms with van der Waals surface area (Å²) in [5, 5.41) is 0. The van der Waals surface area contributed by atoms with Gasteiger partial charge in [-0.1, -0.05) is 0 Å². The van der Waals surface area contributed by atoms with Gasteiger partial charge in [0.1, 0.15) is 27.6 Å². The Bertz CT molecular complexity index is 787. The Morgan fingerprint density at radius 2 is 2.05 bits per heavy atom. The highest BCUT2D eigenvalue weighted by molar-refractivity contribution is 9.10. The lowest BCUT2D eigenvalue weighted by Crippen LogP contribution is -2.14. The van der Waals surface area contributed by atoms with Crippen LogP contribution in [0.3, 0.4) is 0 Å². The first-order chi connectivity index (χ1) is 9.84. The fraction of sp³-hybridized carbons (Fsp3) is 0.0769. The monoisotopic (exact) mass is 329 g/mol. The minimum Gasteiger partial charge on any atom is -0.472 e. The molecule has 4 heterocycles. The van der Waals surface area contributed by atoms with E-state index >= 15 is 0 Å². The summed E-state index contributed by atoms with van der Waals surface area (Å²) in [4.78, 5) is 17.1. The molecule has 0 aromatic carbocycles. The van der Waals surface area contributed by atoms with Gasteiger partial charge in [0, 0.05) is 24.8 Å². The molecule has 0 saturated carbocycles. The fourth-order valence-electron chi connectivity index (χ4n) is 2.23. The highest BCUT2D eigenvalue weighted by Crippen LogP contribution is 2.38. The van der Waals surface area contributed by atoms with Crippen molar-refractivity contribution in [3.63, 3.8) is 0 Å². The Morgan fingerprint density at radius 1 is 1.15 bits per heavy atom. The van der Waals surface area contributed by atoms with E-state index in [1.807, 2.05) is 10.6 Å². The van der Waals surface area contributed by atoms with Gasteiger partial charge in [-0.25, -0.2) is 4.98 Å². The van der Waals surface area contributed by atoms with Crippen LogP contribution in [0, 0.1) is 0 Å². The van der Waals surface area contributed by atoms with Crippen molar-refractivity contribution in [1.29, 1.82) is 0 Å². The summed E-state index contributed by atoms with van der Waals surface area (Å²) in [7, 11) is 0. The third-order valence-electron chi connectivity index (χ3n) is 3.10. The number of ether oxygens (including phenoxy) is 1. The highest BCUT2D eigenvalue weighted by atomic mass is 79.9. The predicted octanol–water partition coefficient (Wildman–Crippen LogP) is 2.51. The van der Waals surface area contributed by atoms with Crippen LogP contribution in [0.1, 0.15) is 0 Å². The number of imidazole rings is 1. The maximum atomic E-state index is 5.74. The number of aromatic nitrogens is 5. The van der Waals surface area contributed by atoms with Crippen LogP contribution in [0.2, 0.25) is 0 Å². The predicted molar refractivity (Wildman–Crippen MR) is 74.8 cm³/mol. The average Bonchev–Trinajstić information content (AvgIpc) is 2.84. The molecule has 1 aliphatic heterocycles. The van der Waals surface area contributed by atoms with Crippen LogP contribution in [-0.4, -0.2) is 24.5 Å². The molecule has 3 aromatic rings. The normalized spacial score (nSPS) is 12.4. The van der Waals surface area contributed by atoms with E-state index in [1.54, 1.807) is 31.0 Å². The third kappa shape index (κ3) is 1.63. The molecule has 0 spiro atoms. The second-order valence-corrected chi connectivity index (χ2v) is 4.99. The quantitative estimate of drug-likeness (QED) is 0.686. The molecular weight excluding hydrogens is 322 g/mol. The van der Waals surface area contributed by atoms with Gasteiger partial charge in [-0.3, -0.25) is 19.5 Å². The van der Waals surface area contributed by atoms with Crippen LogP contribution < -0.4 is 4.74 Å². The van der Waals surface area contributed by atoms with Crippen molar-refractivity contribution >= 4 is 15.9 Å². The number of nitrogens with zero attached hydrogens (tertiary/aromatic N) is 5. The molecule has 0 aliphatic carbocycles. The maximum absolute atomic E-state index is 5.74. The minimum absolute atomic E-state index is 0.386. The van der Waals surface area contributed by atoms with Crippen molar-refractivity contribution in [3.05, 3.63) is 41.7 Å². The molecule has 0 atom stereocenters. The van der Waals surface area contributed by atoms with Gasteiger partial charge >= 0.3 is 0 Å². The molecule has 0 amide bonds. The molecule has 7 heteroatoms. The van der Waals surface area contributed by atoms with E-state index in [0.717, 1.165) is 28.5 Å². The van der Waals surface area contributed by atoms with Crippen LogP contribution in [-0.2, 0) is 6.73 Å². The smallest absolute Gasteiger partial charge is 0.167 e. The van der Waals surface area contributed by atoms with Crippen molar-refractivity contribution in [2.75, 3.05) is 0 Å². The molecule has 0 fully saturated rings. The summed E-state index contributed by atoms with van der Waals surface area (Å²) in [6, 6.07) is 1.84. The van der Waals surface area contributed by atoms with E-state index in [0.29, 0.717) is 11.3 Å². The number of hydrogen-bond acceptors (Lipinski definition) is 5. The molecule has 0 unspecified atom stereocenters. The lowest BCUT2D eigenvalue weighted by molar-refractivity contribution is 0.231. The number of pyridine rings is 1. The van der Waals surface area contributed by atoms with Gasteiger partial charge in [0.15, 0.2) is 6.73 Å². The van der Waals surface area contributed by atoms with Crippen LogP contribution >= 0.6 is 15.9 Å². The summed E-state index contributed by atoms with van der Waals surface area (Å²) in [6.07, 6.45) is 8.45. The molecule has 98 valence electrons. The first-order valence-electron chi connectivity index (χ1n) is 5.94. The van der Waals surface area contributed by atoms with E-state index < -0.39 is 0 Å². The fourth-order valence-corrected chi connectivity index (χ4v) is 2.81. The molecule has 6 nitrogen and oxygen atoms in total. The summed E-state index contributed by atoms with van der Waals surface area (Å²) < 4.78 is 8.41. The van der Waals surface area contributed by atoms with Crippen LogP contribution in [0.5, 0.6) is 5.75 Å². The van der Waals surface area contributed by atoms with Gasteiger partial charge in [0.25, 0.3) is 0 Å². The standard InChI is InChI=1S/C13H8BrN5O/c14-12-11(9-6-16-3-4-17-9)19-7-20-10-1-2-15-5-8(10)13(19)18-12/h1-6H,7H2. The Balaban J connectivity index is 1.97. The zero-order valence-corrected chi connectivity index (χ0v) is 11.8. The number of rotatable bonds is 1. The number of fused-ring (bicyclic) bond motifs is 3. The Labute approximate surface area is 122 Å². The topological polar surface area (TPSA) is 65.7 Å². The zero-order valence-electron chi connectivity index (χ0n) is 10.2. The van der Waals surface area contributed by atoms with Crippen LogP contribution in [0.4, 0.5) is 0 Å². The molecule has 20 heavy (non-hydrogen) atoms. The Morgan fingerprint density at radius 3 is 2.90 bits per heavy atom. The highest BCUT2D eigenvalue weighted by Gasteiger charge is 2.25. The number of hydrogen-bond donors (Lipinski definition) is 0. The maximum Gasteiger partial charge on any atom is 0.167 e. The van der Waals surface area contributed by atoms with Crippen LogP contribution in [0.15, 0.2) is 41.7 Å². The van der Waals surface area contributed by atoms with Crippen molar-refractivity contribution in [3.8, 4) is 28.5 Å². The van der Waals surface area contributed by atoms with E-state index in [-0.39, 0.29) is 0 Å². The van der Waals surface area contributed by atoms with Gasteiger partial charge in [-0.05, 0) is 22.0 Å². The van der Waals surface area contributed by atoms with E-state index in [2.05, 4.69) is 35.9 Å². The molecular formula is C13H8BrN5O. The van der Waals surface area contributed by atoms with Crippen LogP contribution in [0.25, 0.3) is 22.8 Å². The minimum atomic E-state index is 0.386. The van der Waals surface area contributed by atoms with E-state index in [1.165, 1.54) is 0 Å². The lowest BCUT2D eigenvalue weighted by Gasteiger charge is -2.19. The SMILES string of the molecule is Brc1nc2n(c1-c1cnccn1)COc1ccncc1-2. The van der Waals surface area contributed by atoms with Gasteiger partial charge < -0.3 is 4.74 Å². The summed E-state index contributed by atoms with van der Waals surface area (Å²) >= 11 is 3.49. The first-order valence-corrected chi connectivity index (χ1v) is 6.73. The second-order valence-electron chi connectivity index (χ2n) is 4.24. The first kappa shape index (κ1) is 11.5. The average molecular weight is 330 g/mol. The number of halogens is 1. The molecule has 0 saturated heterocycles. The molecule has 0 bridgehead atoms. The van der Waals surface area contributed by atoms with Gasteiger partial charge in [-0.15, -0.1) is 0 Å².